The molecule has 0 atom stereocenters. The van der Waals surface area contributed by atoms with Gasteiger partial charge in [-0.05, 0) is 15.9 Å². The second-order valence-electron chi connectivity index (χ2n) is 2.38. The van der Waals surface area contributed by atoms with Gasteiger partial charge >= 0.3 is 0 Å². The molecule has 2 heterocycles. The van der Waals surface area contributed by atoms with Crippen molar-refractivity contribution in [2.75, 3.05) is 7.11 Å². The fraction of sp³-hybridized carbons (Fsp3) is 0.143. The fourth-order valence-corrected chi connectivity index (χ4v) is 1.13. The number of rotatable bonds is 2. The number of hydrogen-bond acceptors (Lipinski definition) is 5. The van der Waals surface area contributed by atoms with Crippen LogP contribution in [0.2, 0.25) is 0 Å². The van der Waals surface area contributed by atoms with Crippen molar-refractivity contribution in [3.8, 4) is 11.7 Å². The van der Waals surface area contributed by atoms with Crippen LogP contribution in [0.5, 0.6) is 5.75 Å². The second-order valence-corrected chi connectivity index (χ2v) is 3.09. The van der Waals surface area contributed by atoms with Gasteiger partial charge in [0.1, 0.15) is 6.33 Å². The first kappa shape index (κ1) is 9.07. The van der Waals surface area contributed by atoms with Gasteiger partial charge < -0.3 is 4.74 Å². The van der Waals surface area contributed by atoms with Crippen molar-refractivity contribution < 1.29 is 4.74 Å². The first-order chi connectivity index (χ1) is 6.79. The normalized spacial score (nSPS) is 10.1. The fourth-order valence-electron chi connectivity index (χ4n) is 0.872. The van der Waals surface area contributed by atoms with Crippen LogP contribution in [0.3, 0.4) is 0 Å². The third kappa shape index (κ3) is 1.72. The Hall–Kier alpha value is -1.50. The van der Waals surface area contributed by atoms with Crippen molar-refractivity contribution in [1.82, 2.24) is 24.7 Å². The SMILES string of the molecule is COc1cnc(-n2cnc(Br)n2)nc1. The van der Waals surface area contributed by atoms with E-state index < -0.39 is 0 Å². The van der Waals surface area contributed by atoms with Gasteiger partial charge in [-0.1, -0.05) is 0 Å². The molecule has 14 heavy (non-hydrogen) atoms. The van der Waals surface area contributed by atoms with Gasteiger partial charge in [0.05, 0.1) is 19.5 Å². The molecule has 72 valence electrons. The van der Waals surface area contributed by atoms with Crippen LogP contribution >= 0.6 is 15.9 Å². The average molecular weight is 256 g/mol. The van der Waals surface area contributed by atoms with E-state index in [1.54, 1.807) is 19.5 Å². The lowest BCUT2D eigenvalue weighted by atomic mass is 10.6. The van der Waals surface area contributed by atoms with E-state index in [0.717, 1.165) is 0 Å². The maximum absolute atomic E-state index is 4.93. The monoisotopic (exact) mass is 255 g/mol. The summed E-state index contributed by atoms with van der Waals surface area (Å²) in [5.41, 5.74) is 0. The van der Waals surface area contributed by atoms with Crippen LogP contribution in [0, 0.1) is 0 Å². The number of nitrogens with zero attached hydrogens (tertiary/aromatic N) is 5. The van der Waals surface area contributed by atoms with E-state index >= 15 is 0 Å². The zero-order valence-electron chi connectivity index (χ0n) is 7.25. The lowest BCUT2D eigenvalue weighted by molar-refractivity contribution is 0.410. The molecule has 0 amide bonds. The van der Waals surface area contributed by atoms with E-state index in [9.17, 15) is 0 Å². The first-order valence-electron chi connectivity index (χ1n) is 3.73. The van der Waals surface area contributed by atoms with E-state index in [2.05, 4.69) is 36.0 Å². The molecule has 0 spiro atoms. The highest BCUT2D eigenvalue weighted by Gasteiger charge is 2.02. The van der Waals surface area contributed by atoms with E-state index in [1.807, 2.05) is 0 Å². The molecule has 6 nitrogen and oxygen atoms in total. The molecule has 0 aliphatic heterocycles. The molecule has 2 aromatic heterocycles. The van der Waals surface area contributed by atoms with Gasteiger partial charge in [-0.3, -0.25) is 0 Å². The summed E-state index contributed by atoms with van der Waals surface area (Å²) >= 11 is 3.13. The maximum atomic E-state index is 4.93. The van der Waals surface area contributed by atoms with Crippen LogP contribution in [-0.2, 0) is 0 Å². The molecule has 0 N–H and O–H groups in total. The Morgan fingerprint density at radius 2 is 2.00 bits per heavy atom. The molecule has 2 aromatic rings. The largest absolute Gasteiger partial charge is 0.494 e. The average Bonchev–Trinajstić information content (AvgIpc) is 2.65. The van der Waals surface area contributed by atoms with Gasteiger partial charge in [0.15, 0.2) is 5.75 Å². The molecule has 0 saturated heterocycles. The molecule has 0 aliphatic rings. The standard InChI is InChI=1S/C7H6BrN5O/c1-14-5-2-9-7(10-3-5)13-4-11-6(8)12-13/h2-4H,1H3. The highest BCUT2D eigenvalue weighted by atomic mass is 79.9. The van der Waals surface area contributed by atoms with Gasteiger partial charge in [-0.25, -0.2) is 15.0 Å². The molecule has 2 rings (SSSR count). The van der Waals surface area contributed by atoms with Crippen LogP contribution in [0.4, 0.5) is 0 Å². The van der Waals surface area contributed by atoms with Crippen LogP contribution in [0.1, 0.15) is 0 Å². The first-order valence-corrected chi connectivity index (χ1v) is 4.52. The molecule has 0 aromatic carbocycles. The summed E-state index contributed by atoms with van der Waals surface area (Å²) in [6.45, 7) is 0. The Balaban J connectivity index is 2.33. The van der Waals surface area contributed by atoms with Crippen molar-refractivity contribution in [2.45, 2.75) is 0 Å². The molecule has 0 aliphatic carbocycles. The summed E-state index contributed by atoms with van der Waals surface area (Å²) in [5.74, 6) is 1.05. The topological polar surface area (TPSA) is 65.7 Å². The molecule has 0 bridgehead atoms. The van der Waals surface area contributed by atoms with Crippen LogP contribution in [-0.4, -0.2) is 31.8 Å². The summed E-state index contributed by atoms with van der Waals surface area (Å²) in [5, 5.41) is 3.99. The zero-order valence-corrected chi connectivity index (χ0v) is 8.84. The number of halogens is 1. The molecule has 0 unspecified atom stereocenters. The van der Waals surface area contributed by atoms with Crippen molar-refractivity contribution in [1.29, 1.82) is 0 Å². The summed E-state index contributed by atoms with van der Waals surface area (Å²) in [4.78, 5) is 12.0. The Labute approximate surface area is 88.1 Å². The maximum Gasteiger partial charge on any atom is 0.252 e. The van der Waals surface area contributed by atoms with Crippen LogP contribution in [0.15, 0.2) is 23.5 Å². The molecule has 7 heteroatoms. The molecule has 0 radical (unpaired) electrons. The van der Waals surface area contributed by atoms with Crippen molar-refractivity contribution in [2.24, 2.45) is 0 Å². The number of methoxy groups -OCH3 is 1. The predicted molar refractivity (Wildman–Crippen MR) is 51.2 cm³/mol. The van der Waals surface area contributed by atoms with E-state index in [0.29, 0.717) is 16.4 Å². The van der Waals surface area contributed by atoms with E-state index in [1.165, 1.54) is 11.0 Å². The highest BCUT2D eigenvalue weighted by Crippen LogP contribution is 2.07. The quantitative estimate of drug-likeness (QED) is 0.796. The molecular weight excluding hydrogens is 250 g/mol. The van der Waals surface area contributed by atoms with Crippen molar-refractivity contribution >= 4 is 15.9 Å². The lowest BCUT2D eigenvalue weighted by Crippen LogP contribution is -2.01. The number of ether oxygens (including phenoxy) is 1. The summed E-state index contributed by atoms with van der Waals surface area (Å²) in [6, 6.07) is 0. The third-order valence-corrected chi connectivity index (χ3v) is 1.88. The molecule has 0 saturated carbocycles. The number of aromatic nitrogens is 5. The minimum atomic E-state index is 0.448. The Morgan fingerprint density at radius 3 is 2.50 bits per heavy atom. The predicted octanol–water partition coefficient (Wildman–Crippen LogP) is 0.828. The van der Waals surface area contributed by atoms with E-state index in [4.69, 9.17) is 4.74 Å². The third-order valence-electron chi connectivity index (χ3n) is 1.52. The Kier molecular flexibility index (Phi) is 2.40. The minimum Gasteiger partial charge on any atom is -0.494 e. The van der Waals surface area contributed by atoms with Gasteiger partial charge in [-0.2, -0.15) is 4.68 Å². The summed E-state index contributed by atoms with van der Waals surface area (Å²) in [6.07, 6.45) is 4.65. The van der Waals surface area contributed by atoms with Gasteiger partial charge in [0, 0.05) is 0 Å². The smallest absolute Gasteiger partial charge is 0.252 e. The van der Waals surface area contributed by atoms with Crippen molar-refractivity contribution in [3.63, 3.8) is 0 Å². The summed E-state index contributed by atoms with van der Waals surface area (Å²) < 4.78 is 6.89. The molecule has 0 fully saturated rings. The van der Waals surface area contributed by atoms with E-state index in [-0.39, 0.29) is 0 Å². The highest BCUT2D eigenvalue weighted by molar-refractivity contribution is 9.10. The molecular formula is C7H6BrN5O. The Bertz CT molecular complexity index is 426. The van der Waals surface area contributed by atoms with Crippen LogP contribution in [0.25, 0.3) is 5.95 Å². The van der Waals surface area contributed by atoms with Gasteiger partial charge in [0.2, 0.25) is 4.73 Å². The summed E-state index contributed by atoms with van der Waals surface area (Å²) in [7, 11) is 1.56. The van der Waals surface area contributed by atoms with Crippen LogP contribution < -0.4 is 4.74 Å². The van der Waals surface area contributed by atoms with Gasteiger partial charge in [-0.15, -0.1) is 5.10 Å². The minimum absolute atomic E-state index is 0.448. The Morgan fingerprint density at radius 1 is 1.29 bits per heavy atom. The van der Waals surface area contributed by atoms with Gasteiger partial charge in [0.25, 0.3) is 5.95 Å². The lowest BCUT2D eigenvalue weighted by Gasteiger charge is -1.99. The zero-order chi connectivity index (χ0) is 9.97. The second kappa shape index (κ2) is 3.70. The number of hydrogen-bond donors (Lipinski definition) is 0. The van der Waals surface area contributed by atoms with Crippen molar-refractivity contribution in [3.05, 3.63) is 23.5 Å².